The first-order valence-corrected chi connectivity index (χ1v) is 6.56. The van der Waals surface area contributed by atoms with Crippen molar-refractivity contribution < 1.29 is 9.53 Å². The van der Waals surface area contributed by atoms with Crippen LogP contribution < -0.4 is 5.32 Å². The van der Waals surface area contributed by atoms with Gasteiger partial charge in [-0.3, -0.25) is 14.6 Å². The highest BCUT2D eigenvalue weighted by Gasteiger charge is 2.36. The van der Waals surface area contributed by atoms with Crippen LogP contribution in [-0.4, -0.2) is 32.5 Å². The minimum Gasteiger partial charge on any atom is -0.373 e. The summed E-state index contributed by atoms with van der Waals surface area (Å²) in [5.74, 6) is 0.267. The molecule has 2 aromatic heterocycles. The molecule has 1 amide bonds. The third-order valence-electron chi connectivity index (χ3n) is 3.44. The maximum atomic E-state index is 12.3. The minimum absolute atomic E-state index is 0.0668. The zero-order valence-electron chi connectivity index (χ0n) is 11.5. The lowest BCUT2D eigenvalue weighted by Gasteiger charge is -2.16. The van der Waals surface area contributed by atoms with E-state index < -0.39 is 0 Å². The number of aryl methyl sites for hydroxylation is 2. The van der Waals surface area contributed by atoms with Crippen LogP contribution in [0.5, 0.6) is 0 Å². The number of hydrogen-bond acceptors (Lipinski definition) is 4. The summed E-state index contributed by atoms with van der Waals surface area (Å²) in [5.41, 5.74) is 1.84. The van der Waals surface area contributed by atoms with Gasteiger partial charge in [0.1, 0.15) is 0 Å². The van der Waals surface area contributed by atoms with E-state index in [0.717, 1.165) is 11.3 Å². The number of aromatic amines is 1. The highest BCUT2D eigenvalue weighted by atomic mass is 16.5. The molecule has 0 unspecified atom stereocenters. The van der Waals surface area contributed by atoms with E-state index >= 15 is 0 Å². The summed E-state index contributed by atoms with van der Waals surface area (Å²) in [6, 6.07) is 1.80. The number of amides is 1. The fourth-order valence-electron chi connectivity index (χ4n) is 2.47. The largest absolute Gasteiger partial charge is 0.373 e. The van der Waals surface area contributed by atoms with Crippen LogP contribution in [-0.2, 0) is 16.6 Å². The summed E-state index contributed by atoms with van der Waals surface area (Å²) >= 11 is 0. The smallest absolute Gasteiger partial charge is 0.231 e. The second-order valence-corrected chi connectivity index (χ2v) is 5.06. The van der Waals surface area contributed by atoms with Crippen molar-refractivity contribution in [3.8, 4) is 0 Å². The summed E-state index contributed by atoms with van der Waals surface area (Å²) in [5, 5.41) is 13.8. The Morgan fingerprint density at radius 1 is 1.60 bits per heavy atom. The molecule has 1 saturated heterocycles. The monoisotopic (exact) mass is 275 g/mol. The number of carbonyl (C=O) groups is 1. The lowest BCUT2D eigenvalue weighted by Crippen LogP contribution is -2.25. The van der Waals surface area contributed by atoms with Gasteiger partial charge in [0, 0.05) is 37.2 Å². The molecule has 2 aromatic rings. The van der Waals surface area contributed by atoms with Gasteiger partial charge >= 0.3 is 0 Å². The highest BCUT2D eigenvalue weighted by molar-refractivity contribution is 5.92. The van der Waals surface area contributed by atoms with Crippen LogP contribution in [0.15, 0.2) is 18.5 Å². The molecule has 106 valence electrons. The summed E-state index contributed by atoms with van der Waals surface area (Å²) in [7, 11) is 1.85. The van der Waals surface area contributed by atoms with E-state index in [9.17, 15) is 4.79 Å². The lowest BCUT2D eigenvalue weighted by molar-refractivity contribution is -0.121. The van der Waals surface area contributed by atoms with E-state index in [2.05, 4.69) is 20.6 Å². The molecule has 2 N–H and O–H groups in total. The molecule has 2 atom stereocenters. The number of nitrogens with one attached hydrogen (secondary N) is 2. The quantitative estimate of drug-likeness (QED) is 0.880. The molecule has 0 radical (unpaired) electrons. The number of nitrogens with zero attached hydrogens (tertiary/aromatic N) is 3. The molecule has 3 heterocycles. The molecule has 3 rings (SSSR count). The van der Waals surface area contributed by atoms with Crippen molar-refractivity contribution in [2.75, 3.05) is 11.9 Å². The highest BCUT2D eigenvalue weighted by Crippen LogP contribution is 2.34. The standard InChI is InChI=1S/C13H17N5O2/c1-8-5-11(17-16-8)15-13(19)10-3-4-20-12(10)9-6-14-18(2)7-9/h5-7,10,12H,3-4H2,1-2H3,(H2,15,16,17,19)/t10-,12+/m0/s1. The second-order valence-electron chi connectivity index (χ2n) is 5.06. The van der Waals surface area contributed by atoms with Crippen molar-refractivity contribution in [2.24, 2.45) is 13.0 Å². The normalized spacial score (nSPS) is 22.1. The number of rotatable bonds is 3. The van der Waals surface area contributed by atoms with Crippen LogP contribution in [0.4, 0.5) is 5.82 Å². The number of hydrogen-bond donors (Lipinski definition) is 2. The Labute approximate surface area is 116 Å². The van der Waals surface area contributed by atoms with Crippen molar-refractivity contribution >= 4 is 11.7 Å². The molecule has 0 aliphatic carbocycles. The zero-order chi connectivity index (χ0) is 14.1. The van der Waals surface area contributed by atoms with Gasteiger partial charge in [0.15, 0.2) is 5.82 Å². The van der Waals surface area contributed by atoms with E-state index in [1.165, 1.54) is 0 Å². The predicted octanol–water partition coefficient (Wildman–Crippen LogP) is 1.17. The summed E-state index contributed by atoms with van der Waals surface area (Å²) in [4.78, 5) is 12.3. The van der Waals surface area contributed by atoms with Crippen LogP contribution in [0.25, 0.3) is 0 Å². The first kappa shape index (κ1) is 12.9. The molecule has 1 aliphatic heterocycles. The predicted molar refractivity (Wildman–Crippen MR) is 72.0 cm³/mol. The number of anilines is 1. The Kier molecular flexibility index (Phi) is 3.27. The van der Waals surface area contributed by atoms with Crippen LogP contribution in [0.2, 0.25) is 0 Å². The molecule has 1 aliphatic rings. The minimum atomic E-state index is -0.233. The molecule has 0 bridgehead atoms. The number of H-pyrrole nitrogens is 1. The average molecular weight is 275 g/mol. The lowest BCUT2D eigenvalue weighted by atomic mass is 9.96. The number of ether oxygens (including phenoxy) is 1. The van der Waals surface area contributed by atoms with Gasteiger partial charge in [-0.05, 0) is 13.3 Å². The van der Waals surface area contributed by atoms with Gasteiger partial charge < -0.3 is 10.1 Å². The van der Waals surface area contributed by atoms with Crippen LogP contribution in [0.3, 0.4) is 0 Å². The molecular weight excluding hydrogens is 258 g/mol. The fourth-order valence-corrected chi connectivity index (χ4v) is 2.47. The Morgan fingerprint density at radius 3 is 3.10 bits per heavy atom. The van der Waals surface area contributed by atoms with Crippen molar-refractivity contribution in [1.29, 1.82) is 0 Å². The number of aromatic nitrogens is 4. The van der Waals surface area contributed by atoms with E-state index in [1.54, 1.807) is 16.9 Å². The van der Waals surface area contributed by atoms with Crippen LogP contribution in [0.1, 0.15) is 23.8 Å². The molecule has 20 heavy (non-hydrogen) atoms. The molecular formula is C13H17N5O2. The average Bonchev–Trinajstić information content (AvgIpc) is 3.09. The van der Waals surface area contributed by atoms with Crippen molar-refractivity contribution in [2.45, 2.75) is 19.4 Å². The second kappa shape index (κ2) is 5.09. The molecule has 0 aromatic carbocycles. The van der Waals surface area contributed by atoms with Crippen LogP contribution >= 0.6 is 0 Å². The Balaban J connectivity index is 1.73. The third-order valence-corrected chi connectivity index (χ3v) is 3.44. The Bertz CT molecular complexity index is 618. The molecule has 7 heteroatoms. The van der Waals surface area contributed by atoms with Gasteiger partial charge in [-0.1, -0.05) is 0 Å². The van der Waals surface area contributed by atoms with Gasteiger partial charge in [0.2, 0.25) is 5.91 Å². The fraction of sp³-hybridized carbons (Fsp3) is 0.462. The SMILES string of the molecule is Cc1cc(NC(=O)[C@H]2CCO[C@@H]2c2cnn(C)c2)n[nH]1. The number of carbonyl (C=O) groups excluding carboxylic acids is 1. The van der Waals surface area contributed by atoms with Gasteiger partial charge in [-0.15, -0.1) is 0 Å². The van der Waals surface area contributed by atoms with Crippen molar-refractivity contribution in [1.82, 2.24) is 20.0 Å². The summed E-state index contributed by atoms with van der Waals surface area (Å²) < 4.78 is 7.40. The van der Waals surface area contributed by atoms with Gasteiger partial charge in [-0.2, -0.15) is 10.2 Å². The topological polar surface area (TPSA) is 84.8 Å². The van der Waals surface area contributed by atoms with Gasteiger partial charge in [0.25, 0.3) is 0 Å². The first-order chi connectivity index (χ1) is 9.63. The van der Waals surface area contributed by atoms with Gasteiger partial charge in [-0.25, -0.2) is 0 Å². The van der Waals surface area contributed by atoms with E-state index in [1.807, 2.05) is 20.2 Å². The Hall–Kier alpha value is -2.15. The van der Waals surface area contributed by atoms with Crippen LogP contribution in [0, 0.1) is 12.8 Å². The maximum absolute atomic E-state index is 12.3. The van der Waals surface area contributed by atoms with E-state index in [0.29, 0.717) is 18.8 Å². The van der Waals surface area contributed by atoms with Crippen molar-refractivity contribution in [3.05, 3.63) is 29.7 Å². The third kappa shape index (κ3) is 2.44. The first-order valence-electron chi connectivity index (χ1n) is 6.56. The van der Waals surface area contributed by atoms with Crippen molar-refractivity contribution in [3.63, 3.8) is 0 Å². The summed E-state index contributed by atoms with van der Waals surface area (Å²) in [6.45, 7) is 2.47. The molecule has 7 nitrogen and oxygen atoms in total. The maximum Gasteiger partial charge on any atom is 0.231 e. The molecule has 1 fully saturated rings. The van der Waals surface area contributed by atoms with Gasteiger partial charge in [0.05, 0.1) is 18.2 Å². The Morgan fingerprint density at radius 2 is 2.45 bits per heavy atom. The molecule has 0 saturated carbocycles. The molecule has 0 spiro atoms. The van der Waals surface area contributed by atoms with E-state index in [4.69, 9.17) is 4.74 Å². The summed E-state index contributed by atoms with van der Waals surface area (Å²) in [6.07, 6.45) is 4.10. The van der Waals surface area contributed by atoms with E-state index in [-0.39, 0.29) is 17.9 Å². The zero-order valence-corrected chi connectivity index (χ0v) is 11.5.